The molecule has 0 N–H and O–H groups in total. The van der Waals surface area contributed by atoms with Gasteiger partial charge in [0.15, 0.2) is 0 Å². The first kappa shape index (κ1) is 45.2. The third-order valence-corrected chi connectivity index (χ3v) is 9.70. The van der Waals surface area contributed by atoms with Crippen molar-refractivity contribution in [1.82, 2.24) is 4.90 Å². The van der Waals surface area contributed by atoms with Gasteiger partial charge in [0.1, 0.15) is 19.8 Å². The van der Waals surface area contributed by atoms with E-state index < -0.39 is 11.9 Å². The number of esters is 3. The first-order valence-corrected chi connectivity index (χ1v) is 20.5. The minimum Gasteiger partial charge on any atom is -0.465 e. The summed E-state index contributed by atoms with van der Waals surface area (Å²) in [5.74, 6) is -1.44. The molecule has 294 valence electrons. The van der Waals surface area contributed by atoms with Crippen molar-refractivity contribution < 1.29 is 28.6 Å². The van der Waals surface area contributed by atoms with Gasteiger partial charge in [-0.3, -0.25) is 9.59 Å². The first-order chi connectivity index (χ1) is 24.8. The zero-order valence-corrected chi connectivity index (χ0v) is 34.1. The van der Waals surface area contributed by atoms with Crippen molar-refractivity contribution >= 4 is 17.9 Å². The fraction of sp³-hybridized carbons (Fsp3) is 0.711. The number of hydrogen-bond acceptors (Lipinski definition) is 7. The second kappa shape index (κ2) is 25.2. The van der Waals surface area contributed by atoms with Gasteiger partial charge in [-0.05, 0) is 112 Å². The summed E-state index contributed by atoms with van der Waals surface area (Å²) in [7, 11) is 0. The average Bonchev–Trinajstić information content (AvgIpc) is 3.62. The van der Waals surface area contributed by atoms with Gasteiger partial charge < -0.3 is 19.1 Å². The average molecular weight is 724 g/mol. The number of nitrogens with zero attached hydrogens (tertiary/aromatic N) is 1. The molecule has 1 aromatic rings. The fourth-order valence-electron chi connectivity index (χ4n) is 6.13. The molecule has 1 aliphatic heterocycles. The Kier molecular flexibility index (Phi) is 21.9. The lowest BCUT2D eigenvalue weighted by molar-refractivity contribution is -0.150. The summed E-state index contributed by atoms with van der Waals surface area (Å²) in [5.41, 5.74) is 2.34. The molecule has 0 spiro atoms. The minimum absolute atomic E-state index is 0.0124. The third kappa shape index (κ3) is 20.3. The highest BCUT2D eigenvalue weighted by Gasteiger charge is 2.24. The van der Waals surface area contributed by atoms with Gasteiger partial charge in [0.05, 0.1) is 11.5 Å². The maximum Gasteiger partial charge on any atom is 0.338 e. The highest BCUT2D eigenvalue weighted by molar-refractivity contribution is 5.90. The number of unbranched alkanes of at least 4 members (excludes halogenated alkanes) is 8. The van der Waals surface area contributed by atoms with Gasteiger partial charge in [0.2, 0.25) is 0 Å². The van der Waals surface area contributed by atoms with Crippen molar-refractivity contribution in [2.24, 2.45) is 5.92 Å². The van der Waals surface area contributed by atoms with Crippen molar-refractivity contribution in [3.63, 3.8) is 0 Å². The van der Waals surface area contributed by atoms with Crippen LogP contribution in [0, 0.1) is 5.92 Å². The predicted molar refractivity (Wildman–Crippen MR) is 214 cm³/mol. The van der Waals surface area contributed by atoms with Gasteiger partial charge in [0, 0.05) is 12.8 Å². The van der Waals surface area contributed by atoms with Crippen LogP contribution in [0.1, 0.15) is 173 Å². The van der Waals surface area contributed by atoms with Gasteiger partial charge in [0.25, 0.3) is 0 Å². The molecule has 1 saturated heterocycles. The van der Waals surface area contributed by atoms with Crippen molar-refractivity contribution in [2.75, 3.05) is 39.5 Å². The molecule has 0 radical (unpaired) electrons. The van der Waals surface area contributed by atoms with E-state index in [-0.39, 0.29) is 42.6 Å². The predicted octanol–water partition coefficient (Wildman–Crippen LogP) is 10.8. The second-order valence-corrected chi connectivity index (χ2v) is 16.8. The zero-order chi connectivity index (χ0) is 38.2. The molecule has 1 fully saturated rings. The van der Waals surface area contributed by atoms with Crippen LogP contribution in [-0.4, -0.2) is 62.3 Å². The van der Waals surface area contributed by atoms with E-state index in [1.54, 1.807) is 0 Å². The second-order valence-electron chi connectivity index (χ2n) is 16.8. The number of carbonyl (C=O) groups is 3. The number of hydrogen-bond donors (Lipinski definition) is 0. The quantitative estimate of drug-likeness (QED) is 0.0430. The minimum atomic E-state index is -0.451. The normalized spacial score (nSPS) is 14.7. The van der Waals surface area contributed by atoms with Crippen LogP contribution in [0.25, 0.3) is 0 Å². The van der Waals surface area contributed by atoms with Crippen LogP contribution >= 0.6 is 0 Å². The van der Waals surface area contributed by atoms with Crippen LogP contribution in [0.15, 0.2) is 42.5 Å². The van der Waals surface area contributed by atoms with E-state index in [9.17, 15) is 14.4 Å². The van der Waals surface area contributed by atoms with E-state index in [0.717, 1.165) is 82.1 Å². The number of benzene rings is 1. The summed E-state index contributed by atoms with van der Waals surface area (Å²) in [6.45, 7) is 18.1. The number of carbonyl (C=O) groups excluding carboxylic acids is 3. The van der Waals surface area contributed by atoms with Crippen LogP contribution in [0.5, 0.6) is 0 Å². The molecule has 1 heterocycles. The summed E-state index contributed by atoms with van der Waals surface area (Å²) in [4.78, 5) is 41.0. The van der Waals surface area contributed by atoms with E-state index >= 15 is 0 Å². The zero-order valence-electron chi connectivity index (χ0n) is 34.1. The van der Waals surface area contributed by atoms with Gasteiger partial charge in [-0.25, -0.2) is 4.79 Å². The summed E-state index contributed by atoms with van der Waals surface area (Å²) >= 11 is 0. The largest absolute Gasteiger partial charge is 0.465 e. The maximum absolute atomic E-state index is 13.4. The molecule has 7 heteroatoms. The molecule has 0 bridgehead atoms. The molecule has 0 aliphatic carbocycles. The Bertz CT molecular complexity index is 1200. The molecule has 7 nitrogen and oxygen atoms in total. The molecule has 1 unspecified atom stereocenters. The molecule has 1 atom stereocenters. The van der Waals surface area contributed by atoms with Crippen LogP contribution in [0.3, 0.4) is 0 Å². The van der Waals surface area contributed by atoms with E-state index in [1.807, 2.05) is 12.1 Å². The fourth-order valence-corrected chi connectivity index (χ4v) is 6.13. The highest BCUT2D eigenvalue weighted by atomic mass is 16.6. The van der Waals surface area contributed by atoms with Gasteiger partial charge in [-0.2, -0.15) is 0 Å². The Morgan fingerprint density at radius 1 is 0.654 bits per heavy atom. The van der Waals surface area contributed by atoms with Crippen LogP contribution in [0.2, 0.25) is 0 Å². The smallest absolute Gasteiger partial charge is 0.338 e. The summed E-state index contributed by atoms with van der Waals surface area (Å²) in [6.07, 6.45) is 25.3. The molecule has 0 aromatic heterocycles. The summed E-state index contributed by atoms with van der Waals surface area (Å²) in [5, 5.41) is 0. The molecular weight excluding hydrogens is 650 g/mol. The molecule has 1 aromatic carbocycles. The Hall–Kier alpha value is -2.93. The Morgan fingerprint density at radius 3 is 1.71 bits per heavy atom. The lowest BCUT2D eigenvalue weighted by Gasteiger charge is -2.26. The molecule has 1 aliphatic rings. The molecule has 0 amide bonds. The van der Waals surface area contributed by atoms with Gasteiger partial charge in [-0.1, -0.05) is 111 Å². The van der Waals surface area contributed by atoms with Gasteiger partial charge >= 0.3 is 17.9 Å². The number of ether oxygens (including phenoxy) is 3. The SMILES string of the molecule is CCCCC/C=C\C/C=C\CCCCCCCC(=O)OCC(COC(=O)CCCN1CCCC1)COC(=O)c1cc(C(C)(C)C)cc(C(C)(C)C)c1. The van der Waals surface area contributed by atoms with E-state index in [1.165, 1.54) is 38.5 Å². The van der Waals surface area contributed by atoms with Crippen molar-refractivity contribution in [1.29, 1.82) is 0 Å². The summed E-state index contributed by atoms with van der Waals surface area (Å²) in [6, 6.07) is 5.97. The standard InChI is InChI=1S/C45H73NO6/c1-8-9-10-11-12-13-14-15-16-17-18-19-20-21-22-26-41(47)50-34-37(35-51-42(48)27-25-30-46-28-23-24-29-46)36-52-43(49)38-31-39(44(2,3)4)33-40(32-38)45(5,6)7/h12-13,15-16,31-33,37H,8-11,14,17-30,34-36H2,1-7H3/b13-12-,16-15-. The van der Waals surface area contributed by atoms with Crippen LogP contribution < -0.4 is 0 Å². The number of likely N-dealkylation sites (tertiary alicyclic amines) is 1. The first-order valence-electron chi connectivity index (χ1n) is 20.5. The molecule has 0 saturated carbocycles. The number of rotatable bonds is 25. The molecule has 52 heavy (non-hydrogen) atoms. The van der Waals surface area contributed by atoms with Crippen molar-refractivity contribution in [3.8, 4) is 0 Å². The topological polar surface area (TPSA) is 82.1 Å². The van der Waals surface area contributed by atoms with Crippen molar-refractivity contribution in [2.45, 2.75) is 162 Å². The van der Waals surface area contributed by atoms with Crippen molar-refractivity contribution in [3.05, 3.63) is 59.2 Å². The van der Waals surface area contributed by atoms with Crippen LogP contribution in [0.4, 0.5) is 0 Å². The van der Waals surface area contributed by atoms with Gasteiger partial charge in [-0.15, -0.1) is 0 Å². The lowest BCUT2D eigenvalue weighted by Crippen LogP contribution is -2.27. The summed E-state index contributed by atoms with van der Waals surface area (Å²) < 4.78 is 17.0. The third-order valence-electron chi connectivity index (χ3n) is 9.70. The van der Waals surface area contributed by atoms with E-state index in [2.05, 4.69) is 83.7 Å². The van der Waals surface area contributed by atoms with E-state index in [4.69, 9.17) is 14.2 Å². The monoisotopic (exact) mass is 724 g/mol. The maximum atomic E-state index is 13.4. The highest BCUT2D eigenvalue weighted by Crippen LogP contribution is 2.30. The Morgan fingerprint density at radius 2 is 1.15 bits per heavy atom. The molecule has 2 rings (SSSR count). The van der Waals surface area contributed by atoms with Crippen LogP contribution in [-0.2, 0) is 34.6 Å². The Balaban J connectivity index is 1.81. The Labute approximate surface area is 317 Å². The number of allylic oxidation sites excluding steroid dienone is 4. The molecular formula is C45H73NO6. The van der Waals surface area contributed by atoms with E-state index in [0.29, 0.717) is 18.4 Å². The lowest BCUT2D eigenvalue weighted by atomic mass is 9.79.